The Bertz CT molecular complexity index is 1030. The van der Waals surface area contributed by atoms with Gasteiger partial charge in [-0.2, -0.15) is 0 Å². The molecule has 4 rings (SSSR count). The summed E-state index contributed by atoms with van der Waals surface area (Å²) in [6, 6.07) is 14.0. The average Bonchev–Trinajstić information content (AvgIpc) is 3.37. The number of hydrogen-bond acceptors (Lipinski definition) is 5. The Hall–Kier alpha value is -3.06. The lowest BCUT2D eigenvalue weighted by atomic mass is 10.1. The summed E-state index contributed by atoms with van der Waals surface area (Å²) in [4.78, 5) is 12.4. The van der Waals surface area contributed by atoms with Crippen LogP contribution in [0, 0.1) is 5.82 Å². The predicted octanol–water partition coefficient (Wildman–Crippen LogP) is 5.20. The lowest BCUT2D eigenvalue weighted by molar-refractivity contribution is 0.518. The Morgan fingerprint density at radius 2 is 2.00 bits per heavy atom. The summed E-state index contributed by atoms with van der Waals surface area (Å²) in [5.74, 6) is 1.29. The first-order valence-electron chi connectivity index (χ1n) is 8.35. The minimum atomic E-state index is -0.266. The molecule has 7 heteroatoms. The molecule has 0 radical (unpaired) electrons. The van der Waals surface area contributed by atoms with E-state index in [2.05, 4.69) is 20.3 Å². The summed E-state index contributed by atoms with van der Waals surface area (Å²) in [6.45, 7) is 0.547. The van der Waals surface area contributed by atoms with Crippen molar-refractivity contribution in [3.63, 3.8) is 0 Å². The highest BCUT2D eigenvalue weighted by atomic mass is 32.2. The fourth-order valence-corrected chi connectivity index (χ4v) is 3.13. The molecule has 0 aliphatic heterocycles. The molecule has 0 atom stereocenters. The van der Waals surface area contributed by atoms with Crippen molar-refractivity contribution in [1.82, 2.24) is 15.0 Å². The molecule has 0 aliphatic carbocycles. The van der Waals surface area contributed by atoms with Gasteiger partial charge in [0.05, 0.1) is 24.2 Å². The second-order valence-corrected chi connectivity index (χ2v) is 6.63. The number of aromatic amines is 1. The Balaban J connectivity index is 1.67. The monoisotopic (exact) mass is 380 g/mol. The number of rotatable bonds is 6. The van der Waals surface area contributed by atoms with Gasteiger partial charge in [-0.15, -0.1) is 0 Å². The van der Waals surface area contributed by atoms with Crippen LogP contribution >= 0.6 is 11.8 Å². The SMILES string of the molecule is CSc1nc(-c2ccnc(NCc3ccco3)c2)c(-c2ccc(F)cc2)[nH]1. The molecule has 0 aliphatic rings. The third kappa shape index (κ3) is 3.88. The van der Waals surface area contributed by atoms with Gasteiger partial charge in [0.1, 0.15) is 17.4 Å². The standard InChI is InChI=1S/C20H17FN4OS/c1-27-20-24-18(13-4-6-15(21)7-5-13)19(25-20)14-8-9-22-17(11-14)23-12-16-3-2-10-26-16/h2-11H,12H2,1H3,(H,22,23)(H,24,25). The minimum absolute atomic E-state index is 0.266. The fraction of sp³-hybridized carbons (Fsp3) is 0.100. The van der Waals surface area contributed by atoms with E-state index >= 15 is 0 Å². The minimum Gasteiger partial charge on any atom is -0.467 e. The average molecular weight is 380 g/mol. The Labute approximate surface area is 160 Å². The number of H-pyrrole nitrogens is 1. The van der Waals surface area contributed by atoms with E-state index in [-0.39, 0.29) is 5.82 Å². The van der Waals surface area contributed by atoms with Crippen molar-refractivity contribution >= 4 is 17.6 Å². The molecular formula is C20H17FN4OS. The van der Waals surface area contributed by atoms with Crippen LogP contribution in [-0.4, -0.2) is 21.2 Å². The van der Waals surface area contributed by atoms with Gasteiger partial charge in [0.2, 0.25) is 0 Å². The number of benzene rings is 1. The number of nitrogens with zero attached hydrogens (tertiary/aromatic N) is 2. The summed E-state index contributed by atoms with van der Waals surface area (Å²) >= 11 is 1.52. The summed E-state index contributed by atoms with van der Waals surface area (Å²) in [7, 11) is 0. The number of aromatic nitrogens is 3. The molecule has 3 aromatic heterocycles. The molecule has 136 valence electrons. The number of anilines is 1. The smallest absolute Gasteiger partial charge is 0.166 e. The van der Waals surface area contributed by atoms with Gasteiger partial charge in [-0.3, -0.25) is 0 Å². The van der Waals surface area contributed by atoms with Gasteiger partial charge >= 0.3 is 0 Å². The maximum atomic E-state index is 13.3. The number of pyridine rings is 1. The first-order chi connectivity index (χ1) is 13.2. The van der Waals surface area contributed by atoms with Crippen LogP contribution in [0.15, 0.2) is 70.6 Å². The zero-order chi connectivity index (χ0) is 18.6. The van der Waals surface area contributed by atoms with Gasteiger partial charge in [0, 0.05) is 17.3 Å². The zero-order valence-corrected chi connectivity index (χ0v) is 15.4. The maximum absolute atomic E-state index is 13.3. The maximum Gasteiger partial charge on any atom is 0.166 e. The number of furan rings is 1. The first-order valence-corrected chi connectivity index (χ1v) is 9.58. The molecule has 0 spiro atoms. The number of nitrogens with one attached hydrogen (secondary N) is 2. The number of imidazole rings is 1. The van der Waals surface area contributed by atoms with Crippen molar-refractivity contribution in [1.29, 1.82) is 0 Å². The zero-order valence-electron chi connectivity index (χ0n) is 14.6. The van der Waals surface area contributed by atoms with E-state index < -0.39 is 0 Å². The Morgan fingerprint density at radius 3 is 2.74 bits per heavy atom. The molecule has 2 N–H and O–H groups in total. The van der Waals surface area contributed by atoms with Crippen molar-refractivity contribution in [2.75, 3.05) is 11.6 Å². The number of hydrogen-bond donors (Lipinski definition) is 2. The van der Waals surface area contributed by atoms with E-state index in [0.717, 1.165) is 39.2 Å². The molecule has 0 unspecified atom stereocenters. The summed E-state index contributed by atoms with van der Waals surface area (Å²) < 4.78 is 18.6. The van der Waals surface area contributed by atoms with Crippen LogP contribution < -0.4 is 5.32 Å². The Kier molecular flexibility index (Phi) is 4.93. The third-order valence-electron chi connectivity index (χ3n) is 4.07. The van der Waals surface area contributed by atoms with Gasteiger partial charge in [-0.1, -0.05) is 11.8 Å². The lowest BCUT2D eigenvalue weighted by Crippen LogP contribution is -2.00. The van der Waals surface area contributed by atoms with Crippen LogP contribution in [0.1, 0.15) is 5.76 Å². The van der Waals surface area contributed by atoms with Crippen LogP contribution in [0.4, 0.5) is 10.2 Å². The molecule has 0 saturated heterocycles. The predicted molar refractivity (Wildman–Crippen MR) is 105 cm³/mol. The quantitative estimate of drug-likeness (QED) is 0.450. The van der Waals surface area contributed by atoms with Gasteiger partial charge in [0.15, 0.2) is 5.16 Å². The normalized spacial score (nSPS) is 10.9. The largest absolute Gasteiger partial charge is 0.467 e. The van der Waals surface area contributed by atoms with Gasteiger partial charge in [-0.05, 0) is 54.8 Å². The molecule has 0 bridgehead atoms. The lowest BCUT2D eigenvalue weighted by Gasteiger charge is -2.07. The molecular weight excluding hydrogens is 363 g/mol. The third-order valence-corrected chi connectivity index (χ3v) is 4.65. The molecule has 1 aromatic carbocycles. The van der Waals surface area contributed by atoms with Crippen molar-refractivity contribution in [2.24, 2.45) is 0 Å². The molecule has 0 amide bonds. The van der Waals surface area contributed by atoms with Gasteiger partial charge in [0.25, 0.3) is 0 Å². The second kappa shape index (κ2) is 7.67. The highest BCUT2D eigenvalue weighted by Gasteiger charge is 2.15. The van der Waals surface area contributed by atoms with E-state index in [9.17, 15) is 4.39 Å². The van der Waals surface area contributed by atoms with Crippen molar-refractivity contribution in [2.45, 2.75) is 11.7 Å². The molecule has 27 heavy (non-hydrogen) atoms. The van der Waals surface area contributed by atoms with Crippen LogP contribution in [0.5, 0.6) is 0 Å². The van der Waals surface area contributed by atoms with Crippen LogP contribution in [0.3, 0.4) is 0 Å². The highest BCUT2D eigenvalue weighted by molar-refractivity contribution is 7.98. The van der Waals surface area contributed by atoms with E-state index in [4.69, 9.17) is 4.42 Å². The highest BCUT2D eigenvalue weighted by Crippen LogP contribution is 2.33. The van der Waals surface area contributed by atoms with Crippen molar-refractivity contribution in [3.05, 3.63) is 72.6 Å². The molecule has 0 saturated carbocycles. The Morgan fingerprint density at radius 1 is 1.15 bits per heavy atom. The van der Waals surface area contributed by atoms with Gasteiger partial charge < -0.3 is 14.7 Å². The molecule has 4 aromatic rings. The van der Waals surface area contributed by atoms with E-state index in [1.165, 1.54) is 23.9 Å². The van der Waals surface area contributed by atoms with Crippen LogP contribution in [0.2, 0.25) is 0 Å². The van der Waals surface area contributed by atoms with E-state index in [0.29, 0.717) is 6.54 Å². The summed E-state index contributed by atoms with van der Waals surface area (Å²) in [5, 5.41) is 4.04. The second-order valence-electron chi connectivity index (χ2n) is 5.84. The van der Waals surface area contributed by atoms with Crippen LogP contribution in [0.25, 0.3) is 22.5 Å². The molecule has 5 nitrogen and oxygen atoms in total. The van der Waals surface area contributed by atoms with E-state index in [1.807, 2.05) is 30.5 Å². The number of thioether (sulfide) groups is 1. The van der Waals surface area contributed by atoms with Gasteiger partial charge in [-0.25, -0.2) is 14.4 Å². The topological polar surface area (TPSA) is 66.7 Å². The first kappa shape index (κ1) is 17.4. The molecule has 3 heterocycles. The summed E-state index contributed by atoms with van der Waals surface area (Å²) in [5.41, 5.74) is 3.45. The molecule has 0 fully saturated rings. The van der Waals surface area contributed by atoms with Crippen LogP contribution in [-0.2, 0) is 6.54 Å². The van der Waals surface area contributed by atoms with E-state index in [1.54, 1.807) is 24.6 Å². The number of halogens is 1. The fourth-order valence-electron chi connectivity index (χ4n) is 2.75. The summed E-state index contributed by atoms with van der Waals surface area (Å²) in [6.07, 6.45) is 5.34. The van der Waals surface area contributed by atoms with Crippen molar-refractivity contribution in [3.8, 4) is 22.5 Å². The van der Waals surface area contributed by atoms with Crippen molar-refractivity contribution < 1.29 is 8.81 Å².